The lowest BCUT2D eigenvalue weighted by Gasteiger charge is -2.18. The van der Waals surface area contributed by atoms with Gasteiger partial charge in [0, 0.05) is 25.7 Å². The molecule has 3 rings (SSSR count). The quantitative estimate of drug-likeness (QED) is 0.668. The van der Waals surface area contributed by atoms with E-state index in [2.05, 4.69) is 5.32 Å². The summed E-state index contributed by atoms with van der Waals surface area (Å²) in [6.45, 7) is 0.637. The first kappa shape index (κ1) is 19.8. The van der Waals surface area contributed by atoms with Gasteiger partial charge in [-0.25, -0.2) is 8.42 Å². The van der Waals surface area contributed by atoms with E-state index in [1.54, 1.807) is 12.1 Å². The van der Waals surface area contributed by atoms with Gasteiger partial charge in [-0.05, 0) is 29.3 Å². The van der Waals surface area contributed by atoms with Crippen molar-refractivity contribution in [1.29, 1.82) is 0 Å². The maximum Gasteiger partial charge on any atom is 0.251 e. The van der Waals surface area contributed by atoms with Crippen LogP contribution in [0.25, 0.3) is 0 Å². The molecule has 0 aliphatic heterocycles. The Kier molecular flexibility index (Phi) is 6.23. The molecule has 3 aromatic carbocycles. The van der Waals surface area contributed by atoms with Gasteiger partial charge >= 0.3 is 0 Å². The molecule has 0 aliphatic carbocycles. The van der Waals surface area contributed by atoms with E-state index < -0.39 is 10.0 Å². The van der Waals surface area contributed by atoms with Crippen LogP contribution in [0.1, 0.15) is 21.5 Å². The number of amides is 1. The monoisotopic (exact) mass is 394 g/mol. The molecule has 0 saturated heterocycles. The van der Waals surface area contributed by atoms with Gasteiger partial charge in [-0.2, -0.15) is 4.31 Å². The molecule has 0 fully saturated rings. The van der Waals surface area contributed by atoms with Crippen molar-refractivity contribution < 1.29 is 13.2 Å². The van der Waals surface area contributed by atoms with Crippen molar-refractivity contribution >= 4 is 15.9 Å². The van der Waals surface area contributed by atoms with E-state index >= 15 is 0 Å². The molecule has 0 unspecified atom stereocenters. The zero-order valence-electron chi connectivity index (χ0n) is 15.6. The zero-order chi connectivity index (χ0) is 20.0. The Labute approximate surface area is 165 Å². The van der Waals surface area contributed by atoms with E-state index in [1.165, 1.54) is 23.5 Å². The van der Waals surface area contributed by atoms with Gasteiger partial charge in [0.2, 0.25) is 10.0 Å². The Morgan fingerprint density at radius 1 is 0.857 bits per heavy atom. The van der Waals surface area contributed by atoms with E-state index in [-0.39, 0.29) is 17.3 Å². The number of nitrogens with zero attached hydrogens (tertiary/aromatic N) is 1. The first-order valence-electron chi connectivity index (χ1n) is 8.89. The molecule has 3 aromatic rings. The number of hydrogen-bond acceptors (Lipinski definition) is 3. The normalized spacial score (nSPS) is 11.4. The highest BCUT2D eigenvalue weighted by atomic mass is 32.2. The SMILES string of the molecule is CN(Cc1ccccc1)S(=O)(=O)c1cccc(C(=O)NCc2ccccc2)c1. The van der Waals surface area contributed by atoms with E-state index in [4.69, 9.17) is 0 Å². The summed E-state index contributed by atoms with van der Waals surface area (Å²) in [6.07, 6.45) is 0. The summed E-state index contributed by atoms with van der Waals surface area (Å²) in [4.78, 5) is 12.5. The molecule has 1 amide bonds. The third kappa shape index (κ3) is 4.85. The summed E-state index contributed by atoms with van der Waals surface area (Å²) < 4.78 is 27.1. The number of carbonyl (C=O) groups excluding carboxylic acids is 1. The first-order valence-corrected chi connectivity index (χ1v) is 10.3. The van der Waals surface area contributed by atoms with Gasteiger partial charge < -0.3 is 5.32 Å². The lowest BCUT2D eigenvalue weighted by Crippen LogP contribution is -2.27. The van der Waals surface area contributed by atoms with Crippen molar-refractivity contribution in [2.75, 3.05) is 7.05 Å². The number of hydrogen-bond donors (Lipinski definition) is 1. The summed E-state index contributed by atoms with van der Waals surface area (Å²) in [5.74, 6) is -0.313. The summed E-state index contributed by atoms with van der Waals surface area (Å²) in [5, 5.41) is 2.82. The Bertz CT molecular complexity index is 1040. The van der Waals surface area contributed by atoms with Gasteiger partial charge in [0.15, 0.2) is 0 Å². The number of rotatable bonds is 7. The minimum absolute atomic E-state index is 0.0956. The Morgan fingerprint density at radius 3 is 2.11 bits per heavy atom. The minimum atomic E-state index is -3.71. The molecule has 0 bridgehead atoms. The van der Waals surface area contributed by atoms with E-state index in [0.717, 1.165) is 11.1 Å². The highest BCUT2D eigenvalue weighted by Crippen LogP contribution is 2.18. The Hall–Kier alpha value is -2.96. The van der Waals surface area contributed by atoms with Gasteiger partial charge in [0.25, 0.3) is 5.91 Å². The van der Waals surface area contributed by atoms with Crippen molar-refractivity contribution in [2.45, 2.75) is 18.0 Å². The average Bonchev–Trinajstić information content (AvgIpc) is 2.73. The lowest BCUT2D eigenvalue weighted by molar-refractivity contribution is 0.0950. The fourth-order valence-electron chi connectivity index (χ4n) is 2.78. The summed E-state index contributed by atoms with van der Waals surface area (Å²) in [6, 6.07) is 25.0. The Morgan fingerprint density at radius 2 is 1.46 bits per heavy atom. The number of benzene rings is 3. The molecule has 0 aliphatic rings. The van der Waals surface area contributed by atoms with Crippen LogP contribution < -0.4 is 5.32 Å². The second-order valence-electron chi connectivity index (χ2n) is 6.44. The molecular formula is C22H22N2O3S. The topological polar surface area (TPSA) is 66.5 Å². The van der Waals surface area contributed by atoms with Crippen LogP contribution in [0.15, 0.2) is 89.8 Å². The van der Waals surface area contributed by atoms with Gasteiger partial charge in [-0.1, -0.05) is 66.7 Å². The van der Waals surface area contributed by atoms with Gasteiger partial charge in [-0.15, -0.1) is 0 Å². The predicted octanol–water partition coefficient (Wildman–Crippen LogP) is 3.44. The lowest BCUT2D eigenvalue weighted by atomic mass is 10.2. The number of carbonyl (C=O) groups is 1. The summed E-state index contributed by atoms with van der Waals surface area (Å²) in [7, 11) is -2.17. The van der Waals surface area contributed by atoms with Crippen LogP contribution in [-0.2, 0) is 23.1 Å². The van der Waals surface area contributed by atoms with Crippen LogP contribution in [0, 0.1) is 0 Å². The second kappa shape index (κ2) is 8.82. The van der Waals surface area contributed by atoms with Gasteiger partial charge in [0.1, 0.15) is 0 Å². The van der Waals surface area contributed by atoms with Crippen molar-refractivity contribution in [3.05, 3.63) is 102 Å². The molecule has 5 nitrogen and oxygen atoms in total. The van der Waals surface area contributed by atoms with Gasteiger partial charge in [-0.3, -0.25) is 4.79 Å². The van der Waals surface area contributed by atoms with Crippen molar-refractivity contribution in [2.24, 2.45) is 0 Å². The molecule has 0 radical (unpaired) electrons. The third-order valence-electron chi connectivity index (χ3n) is 4.35. The van der Waals surface area contributed by atoms with Crippen LogP contribution in [0.3, 0.4) is 0 Å². The highest BCUT2D eigenvalue weighted by molar-refractivity contribution is 7.89. The second-order valence-corrected chi connectivity index (χ2v) is 8.49. The van der Waals surface area contributed by atoms with Crippen LogP contribution in [0.5, 0.6) is 0 Å². The average molecular weight is 394 g/mol. The fraction of sp³-hybridized carbons (Fsp3) is 0.136. The predicted molar refractivity (Wildman–Crippen MR) is 109 cm³/mol. The number of nitrogens with one attached hydrogen (secondary N) is 1. The number of sulfonamides is 1. The molecular weight excluding hydrogens is 372 g/mol. The molecule has 144 valence electrons. The van der Waals surface area contributed by atoms with Crippen molar-refractivity contribution in [3.8, 4) is 0 Å². The summed E-state index contributed by atoms with van der Waals surface area (Å²) >= 11 is 0. The molecule has 0 aromatic heterocycles. The van der Waals surface area contributed by atoms with Crippen molar-refractivity contribution in [1.82, 2.24) is 9.62 Å². The maximum atomic E-state index is 12.9. The van der Waals surface area contributed by atoms with Crippen molar-refractivity contribution in [3.63, 3.8) is 0 Å². The smallest absolute Gasteiger partial charge is 0.251 e. The molecule has 0 heterocycles. The van der Waals surface area contributed by atoms with E-state index in [9.17, 15) is 13.2 Å². The molecule has 6 heteroatoms. The summed E-state index contributed by atoms with van der Waals surface area (Å²) in [5.41, 5.74) is 2.18. The largest absolute Gasteiger partial charge is 0.348 e. The van der Waals surface area contributed by atoms with Crippen LogP contribution in [0.4, 0.5) is 0 Å². The third-order valence-corrected chi connectivity index (χ3v) is 6.15. The fourth-order valence-corrected chi connectivity index (χ4v) is 3.99. The van der Waals surface area contributed by atoms with Crippen LogP contribution in [-0.4, -0.2) is 25.7 Å². The molecule has 0 spiro atoms. The molecule has 0 atom stereocenters. The molecule has 0 saturated carbocycles. The van der Waals surface area contributed by atoms with Gasteiger partial charge in [0.05, 0.1) is 4.90 Å². The standard InChI is InChI=1S/C22H22N2O3S/c1-24(17-19-11-6-3-7-12-19)28(26,27)21-14-8-13-20(15-21)22(25)23-16-18-9-4-2-5-10-18/h2-15H,16-17H2,1H3,(H,23,25). The first-order chi connectivity index (χ1) is 13.5. The molecule has 1 N–H and O–H groups in total. The Balaban J connectivity index is 1.73. The van der Waals surface area contributed by atoms with E-state index in [0.29, 0.717) is 12.1 Å². The minimum Gasteiger partial charge on any atom is -0.348 e. The van der Waals surface area contributed by atoms with Crippen LogP contribution in [0.2, 0.25) is 0 Å². The maximum absolute atomic E-state index is 12.9. The van der Waals surface area contributed by atoms with Crippen LogP contribution >= 0.6 is 0 Å². The van der Waals surface area contributed by atoms with E-state index in [1.807, 2.05) is 60.7 Å². The zero-order valence-corrected chi connectivity index (χ0v) is 16.4. The molecule has 28 heavy (non-hydrogen) atoms. The highest BCUT2D eigenvalue weighted by Gasteiger charge is 2.22.